The molecule has 1 heterocycles. The predicted molar refractivity (Wildman–Crippen MR) is 99.5 cm³/mol. The van der Waals surface area contributed by atoms with Gasteiger partial charge >= 0.3 is 5.97 Å². The van der Waals surface area contributed by atoms with E-state index < -0.39 is 5.97 Å². The number of likely N-dealkylation sites (tertiary alicyclic amines) is 1. The van der Waals surface area contributed by atoms with Crippen LogP contribution < -0.4 is 0 Å². The van der Waals surface area contributed by atoms with E-state index in [9.17, 15) is 9.90 Å². The number of carbonyl (C=O) groups is 1. The van der Waals surface area contributed by atoms with Crippen LogP contribution in [-0.2, 0) is 11.3 Å². The molecule has 1 aliphatic rings. The van der Waals surface area contributed by atoms with Crippen LogP contribution in [0.4, 0.5) is 0 Å². The SMILES string of the molecule is CCC(C)c1cc(C)c(CN2CCC(C(=O)O)CC2(C)C)c(C)c1. The Hall–Kier alpha value is -1.35. The van der Waals surface area contributed by atoms with Gasteiger partial charge in [0.1, 0.15) is 0 Å². The summed E-state index contributed by atoms with van der Waals surface area (Å²) in [6.45, 7) is 15.1. The lowest BCUT2D eigenvalue weighted by Gasteiger charge is -2.45. The van der Waals surface area contributed by atoms with Crippen molar-refractivity contribution in [2.75, 3.05) is 6.54 Å². The van der Waals surface area contributed by atoms with E-state index in [0.717, 1.165) is 32.4 Å². The van der Waals surface area contributed by atoms with Gasteiger partial charge in [0.2, 0.25) is 0 Å². The molecule has 24 heavy (non-hydrogen) atoms. The van der Waals surface area contributed by atoms with Crippen molar-refractivity contribution in [3.8, 4) is 0 Å². The monoisotopic (exact) mass is 331 g/mol. The number of carboxylic acids is 1. The second-order valence-electron chi connectivity index (χ2n) is 8.20. The van der Waals surface area contributed by atoms with Gasteiger partial charge in [0, 0.05) is 12.1 Å². The Balaban J connectivity index is 2.21. The highest BCUT2D eigenvalue weighted by molar-refractivity contribution is 5.70. The molecule has 2 atom stereocenters. The van der Waals surface area contributed by atoms with Crippen molar-refractivity contribution in [3.63, 3.8) is 0 Å². The number of rotatable bonds is 5. The molecular weight excluding hydrogens is 298 g/mol. The Bertz CT molecular complexity index is 583. The molecule has 1 N–H and O–H groups in total. The lowest BCUT2D eigenvalue weighted by atomic mass is 9.82. The Morgan fingerprint density at radius 1 is 1.33 bits per heavy atom. The molecule has 0 amide bonds. The maximum absolute atomic E-state index is 11.3. The molecule has 1 aromatic rings. The molecule has 2 unspecified atom stereocenters. The number of nitrogens with zero attached hydrogens (tertiary/aromatic N) is 1. The summed E-state index contributed by atoms with van der Waals surface area (Å²) >= 11 is 0. The van der Waals surface area contributed by atoms with E-state index >= 15 is 0 Å². The summed E-state index contributed by atoms with van der Waals surface area (Å²) in [4.78, 5) is 13.8. The van der Waals surface area contributed by atoms with Crippen LogP contribution in [0.5, 0.6) is 0 Å². The fourth-order valence-corrected chi connectivity index (χ4v) is 3.94. The van der Waals surface area contributed by atoms with Crippen LogP contribution in [0.2, 0.25) is 0 Å². The molecule has 2 rings (SSSR count). The zero-order valence-corrected chi connectivity index (χ0v) is 16.1. The fraction of sp³-hybridized carbons (Fsp3) is 0.667. The van der Waals surface area contributed by atoms with Crippen molar-refractivity contribution in [1.29, 1.82) is 0 Å². The second kappa shape index (κ2) is 7.26. The third-order valence-corrected chi connectivity index (χ3v) is 5.95. The standard InChI is InChI=1S/C21H33NO2/c1-7-14(2)18-10-15(3)19(16(4)11-18)13-22-9-8-17(20(23)24)12-21(22,5)6/h10-11,14,17H,7-9,12-13H2,1-6H3,(H,23,24). The predicted octanol–water partition coefficient (Wildman–Crippen LogP) is 4.89. The highest BCUT2D eigenvalue weighted by Gasteiger charge is 2.37. The molecule has 1 aromatic carbocycles. The number of aliphatic carboxylic acids is 1. The van der Waals surface area contributed by atoms with Gasteiger partial charge in [-0.25, -0.2) is 0 Å². The maximum Gasteiger partial charge on any atom is 0.306 e. The summed E-state index contributed by atoms with van der Waals surface area (Å²) in [6.07, 6.45) is 2.64. The van der Waals surface area contributed by atoms with Crippen molar-refractivity contribution in [1.82, 2.24) is 4.90 Å². The summed E-state index contributed by atoms with van der Waals surface area (Å²) in [7, 11) is 0. The Morgan fingerprint density at radius 2 is 1.92 bits per heavy atom. The van der Waals surface area contributed by atoms with E-state index in [1.165, 1.54) is 22.3 Å². The van der Waals surface area contributed by atoms with Crippen LogP contribution in [0.1, 0.15) is 75.1 Å². The molecule has 1 fully saturated rings. The van der Waals surface area contributed by atoms with Gasteiger partial charge in [-0.15, -0.1) is 0 Å². The number of benzene rings is 1. The van der Waals surface area contributed by atoms with Gasteiger partial charge in [0.25, 0.3) is 0 Å². The molecule has 0 aromatic heterocycles. The summed E-state index contributed by atoms with van der Waals surface area (Å²) in [5, 5.41) is 9.32. The first-order valence-electron chi connectivity index (χ1n) is 9.23. The molecule has 0 saturated carbocycles. The summed E-state index contributed by atoms with van der Waals surface area (Å²) in [5.74, 6) is -0.251. The van der Waals surface area contributed by atoms with Crippen LogP contribution >= 0.6 is 0 Å². The highest BCUT2D eigenvalue weighted by Crippen LogP contribution is 2.34. The first-order chi connectivity index (χ1) is 11.2. The number of piperidine rings is 1. The van der Waals surface area contributed by atoms with Crippen LogP contribution in [0.25, 0.3) is 0 Å². The lowest BCUT2D eigenvalue weighted by molar-refractivity contribution is -0.145. The van der Waals surface area contributed by atoms with Crippen molar-refractivity contribution in [2.24, 2.45) is 5.92 Å². The van der Waals surface area contributed by atoms with E-state index in [2.05, 4.69) is 58.6 Å². The summed E-state index contributed by atoms with van der Waals surface area (Å²) in [6, 6.07) is 4.68. The van der Waals surface area contributed by atoms with Crippen molar-refractivity contribution < 1.29 is 9.90 Å². The first-order valence-corrected chi connectivity index (χ1v) is 9.23. The third kappa shape index (κ3) is 4.00. The molecule has 3 nitrogen and oxygen atoms in total. The smallest absolute Gasteiger partial charge is 0.306 e. The summed E-state index contributed by atoms with van der Waals surface area (Å²) < 4.78 is 0. The molecular formula is C21H33NO2. The summed E-state index contributed by atoms with van der Waals surface area (Å²) in [5.41, 5.74) is 5.49. The van der Waals surface area contributed by atoms with Crippen molar-refractivity contribution >= 4 is 5.97 Å². The largest absolute Gasteiger partial charge is 0.481 e. The zero-order valence-electron chi connectivity index (χ0n) is 16.1. The Kier molecular flexibility index (Phi) is 5.74. The van der Waals surface area contributed by atoms with Crippen LogP contribution in [-0.4, -0.2) is 28.1 Å². The van der Waals surface area contributed by atoms with Gasteiger partial charge in [-0.3, -0.25) is 9.69 Å². The van der Waals surface area contributed by atoms with E-state index in [0.29, 0.717) is 5.92 Å². The quantitative estimate of drug-likeness (QED) is 0.835. The molecule has 0 radical (unpaired) electrons. The maximum atomic E-state index is 11.3. The third-order valence-electron chi connectivity index (χ3n) is 5.95. The van der Waals surface area contributed by atoms with Gasteiger partial charge < -0.3 is 5.11 Å². The van der Waals surface area contributed by atoms with E-state index in [4.69, 9.17) is 0 Å². The molecule has 0 bridgehead atoms. The van der Waals surface area contributed by atoms with E-state index in [1.54, 1.807) is 0 Å². The van der Waals surface area contributed by atoms with Crippen LogP contribution in [0, 0.1) is 19.8 Å². The molecule has 1 aliphatic heterocycles. The number of carboxylic acid groups (broad SMARTS) is 1. The van der Waals surface area contributed by atoms with Crippen molar-refractivity contribution in [3.05, 3.63) is 34.4 Å². The van der Waals surface area contributed by atoms with Crippen LogP contribution in [0.3, 0.4) is 0 Å². The Morgan fingerprint density at radius 3 is 2.38 bits per heavy atom. The molecule has 3 heteroatoms. The average molecular weight is 332 g/mol. The first kappa shape index (κ1) is 19.0. The Labute approximate surface area is 147 Å². The second-order valence-corrected chi connectivity index (χ2v) is 8.20. The van der Waals surface area contributed by atoms with Crippen LogP contribution in [0.15, 0.2) is 12.1 Å². The molecule has 1 saturated heterocycles. The van der Waals surface area contributed by atoms with Gasteiger partial charge in [-0.05, 0) is 81.7 Å². The topological polar surface area (TPSA) is 40.5 Å². The molecule has 0 spiro atoms. The zero-order chi connectivity index (χ0) is 18.1. The van der Waals surface area contributed by atoms with Gasteiger partial charge in [0.15, 0.2) is 0 Å². The minimum Gasteiger partial charge on any atom is -0.481 e. The van der Waals surface area contributed by atoms with Gasteiger partial charge in [-0.2, -0.15) is 0 Å². The van der Waals surface area contributed by atoms with Crippen molar-refractivity contribution in [2.45, 2.75) is 78.8 Å². The normalized spacial score (nSPS) is 22.3. The lowest BCUT2D eigenvalue weighted by Crippen LogP contribution is -2.50. The number of hydrogen-bond acceptors (Lipinski definition) is 2. The highest BCUT2D eigenvalue weighted by atomic mass is 16.4. The number of hydrogen-bond donors (Lipinski definition) is 1. The molecule has 0 aliphatic carbocycles. The number of aryl methyl sites for hydroxylation is 2. The van der Waals surface area contributed by atoms with Gasteiger partial charge in [0.05, 0.1) is 5.92 Å². The average Bonchev–Trinajstić information content (AvgIpc) is 2.50. The van der Waals surface area contributed by atoms with E-state index in [-0.39, 0.29) is 11.5 Å². The minimum atomic E-state index is -0.645. The molecule has 134 valence electrons. The minimum absolute atomic E-state index is 0.0738. The fourth-order valence-electron chi connectivity index (χ4n) is 3.94. The van der Waals surface area contributed by atoms with E-state index in [1.807, 2.05) is 0 Å². The van der Waals surface area contributed by atoms with Gasteiger partial charge in [-0.1, -0.05) is 26.0 Å².